The monoisotopic (exact) mass is 912 g/mol. The third kappa shape index (κ3) is 33.9. The molecule has 0 aliphatic heterocycles. The van der Waals surface area contributed by atoms with Gasteiger partial charge in [-0.15, -0.1) is 0 Å². The molecule has 13 heteroatoms. The minimum absolute atomic E-state index is 0.00485. The summed E-state index contributed by atoms with van der Waals surface area (Å²) in [6.45, 7) is 3.84. The Bertz CT molecular complexity index is 1330. The number of hydrogen-bond acceptors (Lipinski definition) is 11. The van der Waals surface area contributed by atoms with E-state index >= 15 is 0 Å². The molecule has 6 atom stereocenters. The molecule has 2 N–H and O–H groups in total. The van der Waals surface area contributed by atoms with Crippen LogP contribution in [-0.2, 0) is 37.5 Å². The second-order valence-electron chi connectivity index (χ2n) is 18.6. The molecule has 0 spiro atoms. The number of likely N-dealkylation sites (N-methyl/N-ethyl adjacent to an activating group) is 1. The molecular weight excluding hydrogens is 822 g/mol. The van der Waals surface area contributed by atoms with Gasteiger partial charge >= 0.3 is 11.9 Å². The summed E-state index contributed by atoms with van der Waals surface area (Å²) < 4.78 is 34.0. The summed E-state index contributed by atoms with van der Waals surface area (Å²) >= 11 is 0. The SMILES string of the molecule is CCCCC/C=C\C/C=C\CCCCCCCCCCCC(=O)O[C@H](COC(=O)CCCCCC[C@H]1[C@@H](O)CC(=O)[C@@H]1/C=C/[C@@H](O)CCCCC)COP(=O)([O-])OCC[N+](C)(C)C. The lowest BCUT2D eigenvalue weighted by molar-refractivity contribution is -0.870. The normalized spacial score (nSPS) is 19.0. The van der Waals surface area contributed by atoms with Crippen LogP contribution in [0.2, 0.25) is 0 Å². The summed E-state index contributed by atoms with van der Waals surface area (Å²) in [6, 6.07) is 0. The van der Waals surface area contributed by atoms with E-state index in [1.54, 1.807) is 12.2 Å². The number of allylic oxidation sites excluding steroid dienone is 5. The molecule has 63 heavy (non-hydrogen) atoms. The highest BCUT2D eigenvalue weighted by atomic mass is 31.2. The van der Waals surface area contributed by atoms with Crippen molar-refractivity contribution in [1.82, 2.24) is 0 Å². The summed E-state index contributed by atoms with van der Waals surface area (Å²) in [7, 11) is 1.03. The average molecular weight is 912 g/mol. The van der Waals surface area contributed by atoms with E-state index < -0.39 is 50.6 Å². The number of aliphatic hydroxyl groups excluding tert-OH is 2. The second kappa shape index (κ2) is 37.0. The Morgan fingerprint density at radius 2 is 1.32 bits per heavy atom. The number of hydrogen-bond donors (Lipinski definition) is 2. The Labute approximate surface area is 382 Å². The topological polar surface area (TPSA) is 169 Å². The number of quaternary nitrogens is 1. The van der Waals surface area contributed by atoms with Crippen molar-refractivity contribution in [3.05, 3.63) is 36.5 Å². The minimum Gasteiger partial charge on any atom is -0.756 e. The Balaban J connectivity index is 2.41. The van der Waals surface area contributed by atoms with Crippen LogP contribution in [0.3, 0.4) is 0 Å². The van der Waals surface area contributed by atoms with E-state index in [-0.39, 0.29) is 44.2 Å². The van der Waals surface area contributed by atoms with Crippen LogP contribution in [0.1, 0.15) is 187 Å². The Morgan fingerprint density at radius 1 is 0.762 bits per heavy atom. The first-order valence-electron chi connectivity index (χ1n) is 24.8. The van der Waals surface area contributed by atoms with Crippen LogP contribution in [0.25, 0.3) is 0 Å². The highest BCUT2D eigenvalue weighted by Gasteiger charge is 2.39. The quantitative estimate of drug-likeness (QED) is 0.0197. The van der Waals surface area contributed by atoms with Gasteiger partial charge in [-0.25, -0.2) is 0 Å². The van der Waals surface area contributed by atoms with Gasteiger partial charge in [-0.05, 0) is 63.7 Å². The number of phosphoric acid groups is 1. The number of ketones is 1. The maximum absolute atomic E-state index is 12.8. The lowest BCUT2D eigenvalue weighted by atomic mass is 9.88. The predicted molar refractivity (Wildman–Crippen MR) is 251 cm³/mol. The summed E-state index contributed by atoms with van der Waals surface area (Å²) in [4.78, 5) is 50.4. The lowest BCUT2D eigenvalue weighted by Gasteiger charge is -2.28. The van der Waals surface area contributed by atoms with E-state index in [0.29, 0.717) is 36.7 Å². The van der Waals surface area contributed by atoms with Gasteiger partial charge in [0.2, 0.25) is 0 Å². The van der Waals surface area contributed by atoms with Gasteiger partial charge in [-0.2, -0.15) is 0 Å². The number of esters is 2. The number of carbonyl (C=O) groups excluding carboxylic acids is 3. The van der Waals surface area contributed by atoms with Gasteiger partial charge in [0.15, 0.2) is 6.10 Å². The Hall–Kier alpha value is -2.18. The zero-order valence-electron chi connectivity index (χ0n) is 40.2. The van der Waals surface area contributed by atoms with E-state index in [9.17, 15) is 34.1 Å². The van der Waals surface area contributed by atoms with Crippen LogP contribution < -0.4 is 4.89 Å². The van der Waals surface area contributed by atoms with E-state index in [1.165, 1.54) is 57.8 Å². The number of nitrogens with zero attached hydrogens (tertiary/aromatic N) is 1. The van der Waals surface area contributed by atoms with Crippen LogP contribution in [0.5, 0.6) is 0 Å². The molecule has 0 aromatic rings. The van der Waals surface area contributed by atoms with Crippen LogP contribution in [0, 0.1) is 11.8 Å². The number of aliphatic hydroxyl groups is 2. The van der Waals surface area contributed by atoms with Crippen LogP contribution in [-0.4, -0.2) is 98.2 Å². The molecule has 0 saturated heterocycles. The van der Waals surface area contributed by atoms with Crippen LogP contribution >= 0.6 is 7.82 Å². The third-order valence-electron chi connectivity index (χ3n) is 11.5. The molecule has 1 fully saturated rings. The fourth-order valence-corrected chi connectivity index (χ4v) is 8.32. The molecular formula is C50H90NO11P. The summed E-state index contributed by atoms with van der Waals surface area (Å²) in [6.07, 6.45) is 35.0. The smallest absolute Gasteiger partial charge is 0.306 e. The largest absolute Gasteiger partial charge is 0.756 e. The molecule has 0 aromatic heterocycles. The van der Waals surface area contributed by atoms with Gasteiger partial charge < -0.3 is 38.1 Å². The number of Topliss-reactive ketones (excluding diaryl/α,β-unsaturated/α-hetero) is 1. The van der Waals surface area contributed by atoms with Crippen LogP contribution in [0.4, 0.5) is 0 Å². The first kappa shape index (κ1) is 58.8. The second-order valence-corrected chi connectivity index (χ2v) is 20.0. The van der Waals surface area contributed by atoms with E-state index in [0.717, 1.165) is 70.6 Å². The number of phosphoric ester groups is 1. The van der Waals surface area contributed by atoms with Gasteiger partial charge in [-0.1, -0.05) is 147 Å². The van der Waals surface area contributed by atoms with Gasteiger partial charge in [0.1, 0.15) is 25.5 Å². The van der Waals surface area contributed by atoms with Crippen LogP contribution in [0.15, 0.2) is 36.5 Å². The summed E-state index contributed by atoms with van der Waals surface area (Å²) in [5.74, 6) is -1.56. The number of carbonyl (C=O) groups is 3. The first-order valence-corrected chi connectivity index (χ1v) is 26.3. The standard InChI is InChI=1S/C50H90NO11P/c1-6-8-10-11-12-13-14-15-16-17-18-19-20-21-22-23-24-25-31-35-50(56)62-44(42-61-63(57,58)60-39-38-51(3,4)5)41-59-49(55)34-30-27-26-29-33-45-46(48(54)40-47(45)53)37-36-43(52)32-28-9-7-2/h12-13,15-16,36-37,43-47,52-53H,6-11,14,17-35,38-42H2,1-5H3/b13-12-,16-15-,37-36+/t43-,44+,45+,46+,47-/m0/s1. The predicted octanol–water partition coefficient (Wildman–Crippen LogP) is 10.4. The number of unbranched alkanes of at least 4 members (excludes halogenated alkanes) is 17. The van der Waals surface area contributed by atoms with Crippen molar-refractivity contribution in [2.24, 2.45) is 11.8 Å². The first-order chi connectivity index (χ1) is 30.2. The van der Waals surface area contributed by atoms with Crippen molar-refractivity contribution < 1.29 is 57.1 Å². The van der Waals surface area contributed by atoms with Crippen molar-refractivity contribution in [3.63, 3.8) is 0 Å². The zero-order chi connectivity index (χ0) is 46.6. The summed E-state index contributed by atoms with van der Waals surface area (Å²) in [5, 5.41) is 20.8. The lowest BCUT2D eigenvalue weighted by Crippen LogP contribution is -2.37. The fraction of sp³-hybridized carbons (Fsp3) is 0.820. The molecule has 0 amide bonds. The molecule has 366 valence electrons. The summed E-state index contributed by atoms with van der Waals surface area (Å²) in [5.41, 5.74) is 0. The average Bonchev–Trinajstić information content (AvgIpc) is 3.50. The number of rotatable bonds is 41. The van der Waals surface area contributed by atoms with Crippen molar-refractivity contribution in [2.45, 2.75) is 206 Å². The molecule has 0 heterocycles. The van der Waals surface area contributed by atoms with Crippen molar-refractivity contribution >= 4 is 25.5 Å². The highest BCUT2D eigenvalue weighted by Crippen LogP contribution is 2.38. The van der Waals surface area contributed by atoms with Gasteiger partial charge in [-0.3, -0.25) is 18.9 Å². The Morgan fingerprint density at radius 3 is 1.94 bits per heavy atom. The van der Waals surface area contributed by atoms with Gasteiger partial charge in [0, 0.05) is 25.2 Å². The molecule has 0 bridgehead atoms. The fourth-order valence-electron chi connectivity index (χ4n) is 7.59. The molecule has 0 aromatic carbocycles. The highest BCUT2D eigenvalue weighted by molar-refractivity contribution is 7.45. The molecule has 1 saturated carbocycles. The molecule has 1 unspecified atom stereocenters. The van der Waals surface area contributed by atoms with E-state index in [4.69, 9.17) is 18.5 Å². The molecule has 1 aliphatic carbocycles. The van der Waals surface area contributed by atoms with Crippen molar-refractivity contribution in [1.29, 1.82) is 0 Å². The zero-order valence-corrected chi connectivity index (χ0v) is 41.1. The number of ether oxygens (including phenoxy) is 2. The molecule has 1 rings (SSSR count). The molecule has 1 aliphatic rings. The molecule has 0 radical (unpaired) electrons. The molecule has 12 nitrogen and oxygen atoms in total. The van der Waals surface area contributed by atoms with Crippen molar-refractivity contribution in [2.75, 3.05) is 47.5 Å². The Kier molecular flexibility index (Phi) is 34.5. The van der Waals surface area contributed by atoms with Crippen molar-refractivity contribution in [3.8, 4) is 0 Å². The third-order valence-corrected chi connectivity index (χ3v) is 12.5. The maximum atomic E-state index is 12.8. The maximum Gasteiger partial charge on any atom is 0.306 e. The van der Waals surface area contributed by atoms with Gasteiger partial charge in [0.05, 0.1) is 40.0 Å². The van der Waals surface area contributed by atoms with Gasteiger partial charge in [0.25, 0.3) is 7.82 Å². The van der Waals surface area contributed by atoms with E-state index in [1.807, 2.05) is 21.1 Å². The minimum atomic E-state index is -4.69. The van der Waals surface area contributed by atoms with E-state index in [2.05, 4.69) is 38.2 Å².